The van der Waals surface area contributed by atoms with Crippen LogP contribution in [0.25, 0.3) is 0 Å². The molecule has 0 heterocycles. The first-order valence-electron chi connectivity index (χ1n) is 13.1. The molecule has 248 valence electrons. The lowest BCUT2D eigenvalue weighted by Gasteiger charge is -2.28. The second kappa shape index (κ2) is 14.3. The fourth-order valence-corrected chi connectivity index (χ4v) is 5.14. The van der Waals surface area contributed by atoms with Crippen LogP contribution in [0.5, 0.6) is 5.75 Å². The Labute approximate surface area is 271 Å². The summed E-state index contributed by atoms with van der Waals surface area (Å²) in [6.45, 7) is 2.76. The molecule has 3 aromatic carbocycles. The summed E-state index contributed by atoms with van der Waals surface area (Å²) in [5.74, 6) is -4.77. The maximum Gasteiger partial charge on any atom is 0.416 e. The number of hydrogen-bond donors (Lipinski definition) is 1. The molecule has 46 heavy (non-hydrogen) atoms. The molecule has 0 aliphatic heterocycles. The maximum absolute atomic E-state index is 14.1. The van der Waals surface area contributed by atoms with Gasteiger partial charge in [0.15, 0.2) is 5.78 Å². The molecule has 0 spiro atoms. The number of methoxy groups -OCH3 is 1. The smallest absolute Gasteiger partial charge is 0.416 e. The molecule has 0 bridgehead atoms. The van der Waals surface area contributed by atoms with Crippen LogP contribution in [0.1, 0.15) is 58.2 Å². The Morgan fingerprint density at radius 1 is 1.00 bits per heavy atom. The summed E-state index contributed by atoms with van der Waals surface area (Å²) in [5, 5.41) is 2.02. The monoisotopic (exact) mass is 740 g/mol. The first-order valence-corrected chi connectivity index (χ1v) is 14.2. The molecule has 0 atom stereocenters. The molecule has 2 amide bonds. The quantitative estimate of drug-likeness (QED) is 0.175. The number of rotatable bonds is 9. The molecule has 1 N–H and O–H groups in total. The van der Waals surface area contributed by atoms with Crippen LogP contribution in [-0.2, 0) is 17.5 Å². The van der Waals surface area contributed by atoms with Crippen molar-refractivity contribution in [3.63, 3.8) is 0 Å². The summed E-state index contributed by atoms with van der Waals surface area (Å²) >= 11 is 9.32. The van der Waals surface area contributed by atoms with Gasteiger partial charge in [-0.1, -0.05) is 11.6 Å². The van der Waals surface area contributed by atoms with Crippen molar-refractivity contribution in [3.05, 3.63) is 91.4 Å². The normalized spacial score (nSPS) is 11.8. The Morgan fingerprint density at radius 3 is 2.22 bits per heavy atom. The van der Waals surface area contributed by atoms with E-state index in [1.165, 1.54) is 20.8 Å². The Morgan fingerprint density at radius 2 is 1.65 bits per heavy atom. The van der Waals surface area contributed by atoms with Crippen molar-refractivity contribution in [2.75, 3.05) is 19.0 Å². The topological polar surface area (TPSA) is 84.9 Å². The van der Waals surface area contributed by atoms with E-state index in [0.29, 0.717) is 17.0 Å². The number of nitrogens with zero attached hydrogens (tertiary/aromatic N) is 1. The third-order valence-electron chi connectivity index (χ3n) is 6.01. The van der Waals surface area contributed by atoms with Gasteiger partial charge in [-0.25, -0.2) is 22.4 Å². The molecule has 0 aliphatic rings. The Bertz CT molecular complexity index is 1660. The zero-order chi connectivity index (χ0) is 34.7. The molecule has 0 aliphatic carbocycles. The van der Waals surface area contributed by atoms with Gasteiger partial charge < -0.3 is 14.8 Å². The van der Waals surface area contributed by atoms with E-state index in [4.69, 9.17) is 21.1 Å². The number of benzene rings is 3. The second-order valence-electron chi connectivity index (χ2n) is 10.7. The number of ether oxygens (including phenoxy) is 2. The minimum Gasteiger partial charge on any atom is -0.495 e. The minimum absolute atomic E-state index is 0.0895. The molecular formula is C30H25BrClF7N2O5. The first-order chi connectivity index (χ1) is 21.2. The third-order valence-corrected chi connectivity index (χ3v) is 7.10. The molecule has 16 heteroatoms. The largest absolute Gasteiger partial charge is 0.495 e. The number of halogens is 9. The van der Waals surface area contributed by atoms with Gasteiger partial charge >= 0.3 is 12.3 Å². The van der Waals surface area contributed by atoms with Crippen molar-refractivity contribution in [2.24, 2.45) is 0 Å². The van der Waals surface area contributed by atoms with Crippen LogP contribution in [0.4, 0.5) is 41.2 Å². The Balaban J connectivity index is 2.25. The molecule has 7 nitrogen and oxygen atoms in total. The van der Waals surface area contributed by atoms with E-state index in [0.717, 1.165) is 31.4 Å². The highest BCUT2D eigenvalue weighted by Crippen LogP contribution is 2.41. The molecule has 0 aromatic heterocycles. The summed E-state index contributed by atoms with van der Waals surface area (Å²) in [6.07, 6.45) is -9.19. The van der Waals surface area contributed by atoms with Gasteiger partial charge in [0.25, 0.3) is 12.3 Å². The van der Waals surface area contributed by atoms with E-state index in [1.807, 2.05) is 0 Å². The standard InChI is InChI=1S/C30H25BrClF7N2O5/c1-29(2,3)46-28(44)41(13-22(35)36)12-15-9-21(40-27(43)14-7-16(30(37,38)39)10-18(34)8-14)23(24(31)26(15)45-4)25(42)19-11-17(33)5-6-20(19)32/h5-11,22H,12-13H2,1-4H3,(H,40,43). The fraction of sp³-hybridized carbons (Fsp3) is 0.300. The van der Waals surface area contributed by atoms with Crippen LogP contribution in [-0.4, -0.2) is 48.4 Å². The summed E-state index contributed by atoms with van der Waals surface area (Å²) in [6, 6.07) is 4.94. The predicted octanol–water partition coefficient (Wildman–Crippen LogP) is 8.89. The number of carbonyl (C=O) groups is 3. The zero-order valence-corrected chi connectivity index (χ0v) is 26.8. The van der Waals surface area contributed by atoms with Crippen molar-refractivity contribution >= 4 is 51.0 Å². The number of amides is 2. The minimum atomic E-state index is -5.02. The van der Waals surface area contributed by atoms with Gasteiger partial charge in [-0.2, -0.15) is 13.2 Å². The lowest BCUT2D eigenvalue weighted by molar-refractivity contribution is -0.137. The Kier molecular flexibility index (Phi) is 11.4. The maximum atomic E-state index is 14.1. The molecule has 3 aromatic rings. The van der Waals surface area contributed by atoms with E-state index in [2.05, 4.69) is 21.2 Å². The SMILES string of the molecule is COc1c(CN(CC(F)F)C(=O)OC(C)(C)C)cc(NC(=O)c2cc(F)cc(C(F)(F)F)c2)c(C(=O)c2cc(F)ccc2Cl)c1Br. The van der Waals surface area contributed by atoms with E-state index < -0.39 is 88.7 Å². The molecule has 0 saturated heterocycles. The molecular weight excluding hydrogens is 717 g/mol. The van der Waals surface area contributed by atoms with Gasteiger partial charge in [0, 0.05) is 16.7 Å². The van der Waals surface area contributed by atoms with Crippen molar-refractivity contribution in [1.29, 1.82) is 0 Å². The average Bonchev–Trinajstić information content (AvgIpc) is 2.91. The van der Waals surface area contributed by atoms with Gasteiger partial charge in [0.05, 0.1) is 46.5 Å². The highest BCUT2D eigenvalue weighted by Gasteiger charge is 2.33. The highest BCUT2D eigenvalue weighted by molar-refractivity contribution is 9.10. The van der Waals surface area contributed by atoms with Gasteiger partial charge in [-0.05, 0) is 79.2 Å². The number of alkyl halides is 5. The number of carbonyl (C=O) groups excluding carboxylic acids is 3. The average molecular weight is 742 g/mol. The number of hydrogen-bond acceptors (Lipinski definition) is 5. The van der Waals surface area contributed by atoms with Crippen LogP contribution in [0, 0.1) is 11.6 Å². The van der Waals surface area contributed by atoms with Crippen LogP contribution >= 0.6 is 27.5 Å². The van der Waals surface area contributed by atoms with E-state index in [-0.39, 0.29) is 26.9 Å². The van der Waals surface area contributed by atoms with Crippen molar-refractivity contribution in [2.45, 2.75) is 45.5 Å². The van der Waals surface area contributed by atoms with E-state index in [1.54, 1.807) is 0 Å². The third kappa shape index (κ3) is 9.12. The number of ketones is 1. The van der Waals surface area contributed by atoms with Crippen LogP contribution in [0.15, 0.2) is 46.9 Å². The van der Waals surface area contributed by atoms with Crippen molar-refractivity contribution < 1.29 is 54.6 Å². The fourth-order valence-electron chi connectivity index (χ4n) is 4.13. The van der Waals surface area contributed by atoms with Gasteiger partial charge in [-0.15, -0.1) is 0 Å². The second-order valence-corrected chi connectivity index (χ2v) is 11.9. The van der Waals surface area contributed by atoms with Gasteiger partial charge in [0.2, 0.25) is 0 Å². The lowest BCUT2D eigenvalue weighted by atomic mass is 9.98. The molecule has 0 radical (unpaired) electrons. The summed E-state index contributed by atoms with van der Waals surface area (Å²) in [5.41, 5.74) is -4.75. The van der Waals surface area contributed by atoms with Crippen molar-refractivity contribution in [3.8, 4) is 5.75 Å². The van der Waals surface area contributed by atoms with E-state index >= 15 is 0 Å². The van der Waals surface area contributed by atoms with Crippen molar-refractivity contribution in [1.82, 2.24) is 4.90 Å². The first kappa shape index (κ1) is 36.6. The van der Waals surface area contributed by atoms with Crippen LogP contribution in [0.2, 0.25) is 5.02 Å². The number of anilines is 1. The molecule has 3 rings (SSSR count). The van der Waals surface area contributed by atoms with Gasteiger partial charge in [-0.3, -0.25) is 14.5 Å². The molecule has 0 saturated carbocycles. The number of nitrogens with one attached hydrogen (secondary N) is 1. The molecule has 0 unspecified atom stereocenters. The van der Waals surface area contributed by atoms with Crippen LogP contribution < -0.4 is 10.1 Å². The summed E-state index contributed by atoms with van der Waals surface area (Å²) in [4.78, 5) is 40.4. The summed E-state index contributed by atoms with van der Waals surface area (Å²) < 4.78 is 106. The predicted molar refractivity (Wildman–Crippen MR) is 158 cm³/mol. The summed E-state index contributed by atoms with van der Waals surface area (Å²) in [7, 11) is 1.14. The Hall–Kier alpha value is -3.85. The highest BCUT2D eigenvalue weighted by atomic mass is 79.9. The van der Waals surface area contributed by atoms with Crippen LogP contribution in [0.3, 0.4) is 0 Å². The lowest BCUT2D eigenvalue weighted by Crippen LogP contribution is -2.39. The van der Waals surface area contributed by atoms with E-state index in [9.17, 15) is 45.1 Å². The van der Waals surface area contributed by atoms with Gasteiger partial charge in [0.1, 0.15) is 23.0 Å². The molecule has 0 fully saturated rings. The zero-order valence-electron chi connectivity index (χ0n) is 24.4.